The van der Waals surface area contributed by atoms with Crippen LogP contribution in [0, 0.1) is 0 Å². The Kier molecular flexibility index (Phi) is 9.24. The fraction of sp³-hybridized carbons (Fsp3) is 0.917. The number of hydrogen-bond acceptors (Lipinski definition) is 3. The van der Waals surface area contributed by atoms with Crippen molar-refractivity contribution in [1.29, 1.82) is 0 Å². The quantitative estimate of drug-likeness (QED) is 0.579. The Morgan fingerprint density at radius 2 is 1.94 bits per heavy atom. The van der Waals surface area contributed by atoms with Crippen LogP contribution in [-0.2, 0) is 4.79 Å². The van der Waals surface area contributed by atoms with Crippen LogP contribution in [0.1, 0.15) is 40.0 Å². The third-order valence-electron chi connectivity index (χ3n) is 2.78. The second-order valence-electron chi connectivity index (χ2n) is 4.07. The topological polar surface area (TPSA) is 58.4 Å². The van der Waals surface area contributed by atoms with E-state index in [4.69, 9.17) is 5.73 Å². The zero-order chi connectivity index (χ0) is 12.4. The number of rotatable bonds is 9. The average molecular weight is 229 g/mol. The van der Waals surface area contributed by atoms with E-state index in [-0.39, 0.29) is 11.9 Å². The maximum absolute atomic E-state index is 11.5. The molecule has 1 amide bonds. The van der Waals surface area contributed by atoms with Crippen molar-refractivity contribution >= 4 is 5.91 Å². The van der Waals surface area contributed by atoms with Crippen LogP contribution in [0.2, 0.25) is 0 Å². The van der Waals surface area contributed by atoms with Gasteiger partial charge in [-0.3, -0.25) is 4.79 Å². The summed E-state index contributed by atoms with van der Waals surface area (Å²) in [4.78, 5) is 13.8. The van der Waals surface area contributed by atoms with Crippen molar-refractivity contribution in [3.8, 4) is 0 Å². The predicted molar refractivity (Wildman–Crippen MR) is 68.3 cm³/mol. The van der Waals surface area contributed by atoms with Crippen LogP contribution in [-0.4, -0.2) is 43.0 Å². The molecule has 0 fully saturated rings. The van der Waals surface area contributed by atoms with Gasteiger partial charge in [0.2, 0.25) is 5.91 Å². The lowest BCUT2D eigenvalue weighted by Gasteiger charge is -2.18. The molecule has 0 saturated heterocycles. The number of amides is 1. The van der Waals surface area contributed by atoms with E-state index in [0.717, 1.165) is 45.4 Å². The molecule has 0 bridgehead atoms. The number of carbonyl (C=O) groups excluding carboxylic acids is 1. The van der Waals surface area contributed by atoms with Gasteiger partial charge >= 0.3 is 0 Å². The van der Waals surface area contributed by atoms with Gasteiger partial charge in [-0.25, -0.2) is 0 Å². The van der Waals surface area contributed by atoms with Crippen molar-refractivity contribution in [3.63, 3.8) is 0 Å². The second kappa shape index (κ2) is 9.60. The van der Waals surface area contributed by atoms with E-state index in [1.165, 1.54) is 0 Å². The monoisotopic (exact) mass is 229 g/mol. The summed E-state index contributed by atoms with van der Waals surface area (Å²) in [5, 5.41) is 2.88. The molecule has 3 N–H and O–H groups in total. The van der Waals surface area contributed by atoms with Gasteiger partial charge in [0.05, 0.1) is 6.04 Å². The highest BCUT2D eigenvalue weighted by Crippen LogP contribution is 1.93. The smallest absolute Gasteiger partial charge is 0.236 e. The molecule has 0 heterocycles. The first-order chi connectivity index (χ1) is 7.65. The minimum absolute atomic E-state index is 0.0126. The molecule has 0 saturated carbocycles. The number of nitrogens with zero attached hydrogens (tertiary/aromatic N) is 1. The summed E-state index contributed by atoms with van der Waals surface area (Å²) < 4.78 is 0. The molecule has 0 unspecified atom stereocenters. The van der Waals surface area contributed by atoms with E-state index in [1.54, 1.807) is 0 Å². The minimum Gasteiger partial charge on any atom is -0.355 e. The van der Waals surface area contributed by atoms with Crippen LogP contribution in [0.3, 0.4) is 0 Å². The normalized spacial score (nSPS) is 12.8. The summed E-state index contributed by atoms with van der Waals surface area (Å²) in [7, 11) is 0. The summed E-state index contributed by atoms with van der Waals surface area (Å²) in [6, 6.07) is -0.335. The molecule has 1 atom stereocenters. The minimum atomic E-state index is -0.335. The Balaban J connectivity index is 3.54. The van der Waals surface area contributed by atoms with Gasteiger partial charge < -0.3 is 16.0 Å². The van der Waals surface area contributed by atoms with E-state index in [0.29, 0.717) is 0 Å². The molecular formula is C12H27N3O. The van der Waals surface area contributed by atoms with Crippen molar-refractivity contribution in [2.45, 2.75) is 46.1 Å². The van der Waals surface area contributed by atoms with Gasteiger partial charge in [-0.05, 0) is 32.5 Å². The molecule has 0 aliphatic carbocycles. The molecule has 0 aliphatic heterocycles. The summed E-state index contributed by atoms with van der Waals surface area (Å²) in [5.74, 6) is -0.0126. The van der Waals surface area contributed by atoms with Gasteiger partial charge in [0.1, 0.15) is 0 Å². The average Bonchev–Trinajstić information content (AvgIpc) is 2.29. The Bertz CT molecular complexity index is 181. The van der Waals surface area contributed by atoms with Crippen LogP contribution >= 0.6 is 0 Å². The molecular weight excluding hydrogens is 202 g/mol. The standard InChI is InChI=1S/C12H27N3O/c1-4-8-11(13)12(16)14-9-7-10-15(5-2)6-3/h11H,4-10,13H2,1-3H3,(H,14,16)/t11-/m0/s1. The van der Waals surface area contributed by atoms with Gasteiger partial charge in [0.25, 0.3) is 0 Å². The van der Waals surface area contributed by atoms with Crippen LogP contribution < -0.4 is 11.1 Å². The first kappa shape index (κ1) is 15.4. The first-order valence-electron chi connectivity index (χ1n) is 6.41. The fourth-order valence-corrected chi connectivity index (χ4v) is 1.63. The zero-order valence-corrected chi connectivity index (χ0v) is 11.0. The van der Waals surface area contributed by atoms with Crippen LogP contribution in [0.4, 0.5) is 0 Å². The zero-order valence-electron chi connectivity index (χ0n) is 11.0. The number of hydrogen-bond donors (Lipinski definition) is 2. The maximum atomic E-state index is 11.5. The molecule has 0 radical (unpaired) electrons. The molecule has 0 rings (SSSR count). The second-order valence-corrected chi connectivity index (χ2v) is 4.07. The largest absolute Gasteiger partial charge is 0.355 e. The van der Waals surface area contributed by atoms with Gasteiger partial charge in [0, 0.05) is 6.54 Å². The SMILES string of the molecule is CCC[C@H](N)C(=O)NCCCN(CC)CC. The van der Waals surface area contributed by atoms with Crippen molar-refractivity contribution in [1.82, 2.24) is 10.2 Å². The first-order valence-corrected chi connectivity index (χ1v) is 6.41. The van der Waals surface area contributed by atoms with Crippen molar-refractivity contribution in [3.05, 3.63) is 0 Å². The van der Waals surface area contributed by atoms with E-state index in [9.17, 15) is 4.79 Å². The molecule has 0 spiro atoms. The molecule has 96 valence electrons. The van der Waals surface area contributed by atoms with E-state index >= 15 is 0 Å². The Morgan fingerprint density at radius 3 is 2.44 bits per heavy atom. The molecule has 0 aromatic heterocycles. The summed E-state index contributed by atoms with van der Waals surface area (Å²) >= 11 is 0. The highest BCUT2D eigenvalue weighted by atomic mass is 16.2. The van der Waals surface area contributed by atoms with E-state index in [1.807, 2.05) is 6.92 Å². The molecule has 0 aliphatic rings. The summed E-state index contributed by atoms with van der Waals surface area (Å²) in [5.41, 5.74) is 5.70. The van der Waals surface area contributed by atoms with Crippen molar-refractivity contribution in [2.75, 3.05) is 26.2 Å². The van der Waals surface area contributed by atoms with Crippen LogP contribution in [0.25, 0.3) is 0 Å². The molecule has 16 heavy (non-hydrogen) atoms. The molecule has 4 heteroatoms. The summed E-state index contributed by atoms with van der Waals surface area (Å²) in [6.07, 6.45) is 2.71. The molecule has 4 nitrogen and oxygen atoms in total. The third kappa shape index (κ3) is 6.80. The third-order valence-corrected chi connectivity index (χ3v) is 2.78. The lowest BCUT2D eigenvalue weighted by molar-refractivity contribution is -0.122. The lowest BCUT2D eigenvalue weighted by atomic mass is 10.1. The Labute approximate surface area is 99.6 Å². The lowest BCUT2D eigenvalue weighted by Crippen LogP contribution is -2.41. The highest BCUT2D eigenvalue weighted by Gasteiger charge is 2.10. The molecule has 0 aromatic carbocycles. The van der Waals surface area contributed by atoms with Gasteiger partial charge in [-0.2, -0.15) is 0 Å². The van der Waals surface area contributed by atoms with Gasteiger partial charge in [0.15, 0.2) is 0 Å². The van der Waals surface area contributed by atoms with Crippen molar-refractivity contribution in [2.24, 2.45) is 5.73 Å². The fourth-order valence-electron chi connectivity index (χ4n) is 1.63. The highest BCUT2D eigenvalue weighted by molar-refractivity contribution is 5.81. The Morgan fingerprint density at radius 1 is 1.31 bits per heavy atom. The van der Waals surface area contributed by atoms with Gasteiger partial charge in [-0.15, -0.1) is 0 Å². The number of carbonyl (C=O) groups is 1. The molecule has 0 aromatic rings. The van der Waals surface area contributed by atoms with Gasteiger partial charge in [-0.1, -0.05) is 27.2 Å². The Hall–Kier alpha value is -0.610. The number of nitrogens with one attached hydrogen (secondary N) is 1. The predicted octanol–water partition coefficient (Wildman–Crippen LogP) is 0.962. The maximum Gasteiger partial charge on any atom is 0.236 e. The van der Waals surface area contributed by atoms with E-state index < -0.39 is 0 Å². The number of nitrogens with two attached hydrogens (primary N) is 1. The van der Waals surface area contributed by atoms with Crippen LogP contribution in [0.5, 0.6) is 0 Å². The summed E-state index contributed by atoms with van der Waals surface area (Å²) in [6.45, 7) is 10.2. The van der Waals surface area contributed by atoms with Crippen molar-refractivity contribution < 1.29 is 4.79 Å². The van der Waals surface area contributed by atoms with E-state index in [2.05, 4.69) is 24.1 Å². The van der Waals surface area contributed by atoms with Crippen LogP contribution in [0.15, 0.2) is 0 Å².